The van der Waals surface area contributed by atoms with Crippen molar-refractivity contribution in [3.63, 3.8) is 0 Å². The lowest BCUT2D eigenvalue weighted by molar-refractivity contribution is -0.152. The van der Waals surface area contributed by atoms with E-state index in [-0.39, 0.29) is 37.5 Å². The van der Waals surface area contributed by atoms with Gasteiger partial charge < -0.3 is 20.1 Å². The van der Waals surface area contributed by atoms with Crippen LogP contribution in [0.2, 0.25) is 0 Å². The van der Waals surface area contributed by atoms with Gasteiger partial charge in [-0.1, -0.05) is 64.7 Å². The van der Waals surface area contributed by atoms with E-state index in [1.165, 1.54) is 49.8 Å². The van der Waals surface area contributed by atoms with Crippen LogP contribution in [0.25, 0.3) is 0 Å². The summed E-state index contributed by atoms with van der Waals surface area (Å²) in [4.78, 5) is 48.7. The van der Waals surface area contributed by atoms with E-state index in [1.807, 2.05) is 0 Å². The fourth-order valence-corrected chi connectivity index (χ4v) is 3.74. The maximum Gasteiger partial charge on any atom is 0.308 e. The van der Waals surface area contributed by atoms with Crippen LogP contribution in [-0.4, -0.2) is 59.5 Å². The minimum atomic E-state index is -0.962. The number of aliphatic carboxylic acids is 1. The maximum absolute atomic E-state index is 12.4. The number of nitrogens with zero attached hydrogens (tertiary/aromatic N) is 1. The molecule has 178 valence electrons. The van der Waals surface area contributed by atoms with Gasteiger partial charge in [-0.15, -0.1) is 0 Å². The highest BCUT2D eigenvalue weighted by Crippen LogP contribution is 2.14. The van der Waals surface area contributed by atoms with Crippen LogP contribution in [0, 0.1) is 0 Å². The average Bonchev–Trinajstić information content (AvgIpc) is 2.73. The van der Waals surface area contributed by atoms with Crippen LogP contribution < -0.4 is 5.32 Å². The van der Waals surface area contributed by atoms with Gasteiger partial charge in [0.25, 0.3) is 0 Å². The molecule has 0 aromatic carbocycles. The molecule has 1 rings (SSSR count). The smallest absolute Gasteiger partial charge is 0.308 e. The Morgan fingerprint density at radius 2 is 1.58 bits per heavy atom. The normalized spacial score (nSPS) is 16.1. The first-order valence-electron chi connectivity index (χ1n) is 11.9. The van der Waals surface area contributed by atoms with Crippen LogP contribution in [0.5, 0.6) is 0 Å². The Bertz CT molecular complexity index is 566. The van der Waals surface area contributed by atoms with Gasteiger partial charge in [-0.2, -0.15) is 0 Å². The van der Waals surface area contributed by atoms with Crippen LogP contribution in [0.4, 0.5) is 0 Å². The van der Waals surface area contributed by atoms with Gasteiger partial charge in [0.2, 0.25) is 11.8 Å². The zero-order valence-corrected chi connectivity index (χ0v) is 19.0. The number of unbranched alkanes of at least 4 members (excludes halogenated alkanes) is 9. The number of hydrogen-bond acceptors (Lipinski definition) is 5. The Labute approximate surface area is 186 Å². The molecule has 0 aromatic heterocycles. The molecule has 1 unspecified atom stereocenters. The first kappa shape index (κ1) is 26.9. The molecule has 8 nitrogen and oxygen atoms in total. The van der Waals surface area contributed by atoms with Crippen LogP contribution in [0.1, 0.15) is 96.8 Å². The third kappa shape index (κ3) is 12.4. The number of carbonyl (C=O) groups is 4. The molecule has 0 bridgehead atoms. The van der Waals surface area contributed by atoms with E-state index in [0.29, 0.717) is 19.7 Å². The number of carbonyl (C=O) groups excluding carboxylic acids is 3. The molecular weight excluding hydrogens is 400 g/mol. The van der Waals surface area contributed by atoms with E-state index >= 15 is 0 Å². The Balaban J connectivity index is 2.21. The topological polar surface area (TPSA) is 113 Å². The number of piperazine rings is 1. The van der Waals surface area contributed by atoms with Crippen molar-refractivity contribution in [3.05, 3.63) is 0 Å². The SMILES string of the molecule is CCCCCCCCCCCCOC(=O)CC1C(=O)NCCN1C(=O)CCCC(=O)O. The molecule has 2 amide bonds. The third-order valence-corrected chi connectivity index (χ3v) is 5.55. The summed E-state index contributed by atoms with van der Waals surface area (Å²) in [5, 5.41) is 11.4. The summed E-state index contributed by atoms with van der Waals surface area (Å²) in [6.45, 7) is 3.19. The molecule has 1 fully saturated rings. The first-order valence-corrected chi connectivity index (χ1v) is 11.9. The van der Waals surface area contributed by atoms with Crippen molar-refractivity contribution in [3.8, 4) is 0 Å². The highest BCUT2D eigenvalue weighted by molar-refractivity contribution is 5.92. The highest BCUT2D eigenvalue weighted by atomic mass is 16.5. The van der Waals surface area contributed by atoms with Crippen molar-refractivity contribution < 1.29 is 29.0 Å². The first-order chi connectivity index (χ1) is 15.0. The minimum absolute atomic E-state index is 0.0454. The number of carboxylic acids is 1. The standard InChI is InChI=1S/C23H40N2O6/c1-2-3-4-5-6-7-8-9-10-11-17-31-22(29)18-19-23(30)24-15-16-25(19)20(26)13-12-14-21(27)28/h19H,2-18H2,1H3,(H,24,30)(H,27,28). The lowest BCUT2D eigenvalue weighted by Gasteiger charge is -2.34. The Kier molecular flexibility index (Phi) is 14.4. The van der Waals surface area contributed by atoms with E-state index in [0.717, 1.165) is 19.3 Å². The van der Waals surface area contributed by atoms with Crippen molar-refractivity contribution in [1.82, 2.24) is 10.2 Å². The molecule has 31 heavy (non-hydrogen) atoms. The maximum atomic E-state index is 12.4. The summed E-state index contributed by atoms with van der Waals surface area (Å²) in [6, 6.07) is -0.883. The van der Waals surface area contributed by atoms with Crippen LogP contribution >= 0.6 is 0 Å². The molecule has 0 saturated carbocycles. The number of ether oxygens (including phenoxy) is 1. The molecule has 1 heterocycles. The summed E-state index contributed by atoms with van der Waals surface area (Å²) in [5.74, 6) is -2.12. The minimum Gasteiger partial charge on any atom is -0.481 e. The molecule has 1 aliphatic heterocycles. The van der Waals surface area contributed by atoms with Crippen molar-refractivity contribution >= 4 is 23.8 Å². The summed E-state index contributed by atoms with van der Waals surface area (Å²) in [5.41, 5.74) is 0. The van der Waals surface area contributed by atoms with Crippen LogP contribution in [0.15, 0.2) is 0 Å². The molecule has 0 spiro atoms. The molecule has 1 aliphatic rings. The Hall–Kier alpha value is -2.12. The van der Waals surface area contributed by atoms with Crippen LogP contribution in [0.3, 0.4) is 0 Å². The molecule has 1 atom stereocenters. The van der Waals surface area contributed by atoms with Crippen molar-refractivity contribution in [2.24, 2.45) is 0 Å². The average molecular weight is 441 g/mol. The van der Waals surface area contributed by atoms with Gasteiger partial charge in [-0.25, -0.2) is 0 Å². The van der Waals surface area contributed by atoms with E-state index in [1.54, 1.807) is 0 Å². The highest BCUT2D eigenvalue weighted by Gasteiger charge is 2.34. The number of hydrogen-bond donors (Lipinski definition) is 2. The summed E-state index contributed by atoms with van der Waals surface area (Å²) in [6.07, 6.45) is 11.9. The van der Waals surface area contributed by atoms with Crippen LogP contribution in [-0.2, 0) is 23.9 Å². The van der Waals surface area contributed by atoms with Gasteiger partial charge in [0.05, 0.1) is 13.0 Å². The van der Waals surface area contributed by atoms with E-state index < -0.39 is 18.0 Å². The lowest BCUT2D eigenvalue weighted by Crippen LogP contribution is -2.57. The fraction of sp³-hybridized carbons (Fsp3) is 0.826. The monoisotopic (exact) mass is 440 g/mol. The van der Waals surface area contributed by atoms with E-state index in [2.05, 4.69) is 12.2 Å². The molecular formula is C23H40N2O6. The molecule has 1 saturated heterocycles. The zero-order chi connectivity index (χ0) is 22.9. The van der Waals surface area contributed by atoms with Gasteiger partial charge >= 0.3 is 11.9 Å². The van der Waals surface area contributed by atoms with E-state index in [4.69, 9.17) is 9.84 Å². The summed E-state index contributed by atoms with van der Waals surface area (Å²) in [7, 11) is 0. The molecule has 8 heteroatoms. The zero-order valence-electron chi connectivity index (χ0n) is 19.0. The molecule has 0 aromatic rings. The molecule has 0 aliphatic carbocycles. The van der Waals surface area contributed by atoms with Crippen molar-refractivity contribution in [2.75, 3.05) is 19.7 Å². The lowest BCUT2D eigenvalue weighted by atomic mass is 10.1. The second-order valence-electron chi connectivity index (χ2n) is 8.25. The Morgan fingerprint density at radius 3 is 2.19 bits per heavy atom. The number of amides is 2. The Morgan fingerprint density at radius 1 is 0.968 bits per heavy atom. The van der Waals surface area contributed by atoms with Crippen molar-refractivity contribution in [2.45, 2.75) is 103 Å². The second-order valence-corrected chi connectivity index (χ2v) is 8.25. The number of carboxylic acid groups (broad SMARTS) is 1. The summed E-state index contributed by atoms with van der Waals surface area (Å²) >= 11 is 0. The predicted molar refractivity (Wildman–Crippen MR) is 117 cm³/mol. The van der Waals surface area contributed by atoms with Crippen molar-refractivity contribution in [1.29, 1.82) is 0 Å². The quantitative estimate of drug-likeness (QED) is 0.265. The second kappa shape index (κ2) is 16.6. The van der Waals surface area contributed by atoms with Gasteiger partial charge in [-0.05, 0) is 12.8 Å². The van der Waals surface area contributed by atoms with Gasteiger partial charge in [-0.3, -0.25) is 19.2 Å². The number of rotatable bonds is 17. The fourth-order valence-electron chi connectivity index (χ4n) is 3.74. The van der Waals surface area contributed by atoms with E-state index in [9.17, 15) is 19.2 Å². The molecule has 2 N–H and O–H groups in total. The van der Waals surface area contributed by atoms with Gasteiger partial charge in [0, 0.05) is 25.9 Å². The predicted octanol–water partition coefficient (Wildman–Crippen LogP) is 3.42. The third-order valence-electron chi connectivity index (χ3n) is 5.55. The molecule has 0 radical (unpaired) electrons. The van der Waals surface area contributed by atoms with Gasteiger partial charge in [0.1, 0.15) is 6.04 Å². The number of esters is 1. The largest absolute Gasteiger partial charge is 0.481 e. The number of nitrogens with one attached hydrogen (secondary N) is 1. The summed E-state index contributed by atoms with van der Waals surface area (Å²) < 4.78 is 5.27. The van der Waals surface area contributed by atoms with Gasteiger partial charge in [0.15, 0.2) is 0 Å².